The number of carbonyl (C=O) groups excluding carboxylic acids is 1. The van der Waals surface area contributed by atoms with E-state index in [1.807, 2.05) is 6.92 Å². The molecule has 0 bridgehead atoms. The van der Waals surface area contributed by atoms with E-state index in [0.717, 1.165) is 19.6 Å². The highest BCUT2D eigenvalue weighted by Gasteiger charge is 2.17. The Morgan fingerprint density at radius 2 is 1.96 bits per heavy atom. The van der Waals surface area contributed by atoms with Crippen LogP contribution in [-0.2, 0) is 0 Å². The molecule has 1 aliphatic rings. The lowest BCUT2D eigenvalue weighted by atomic mass is 10.1. The van der Waals surface area contributed by atoms with Gasteiger partial charge in [0.1, 0.15) is 5.82 Å². The van der Waals surface area contributed by atoms with Gasteiger partial charge < -0.3 is 10.2 Å². The summed E-state index contributed by atoms with van der Waals surface area (Å²) in [4.78, 5) is 14.7. The van der Waals surface area contributed by atoms with E-state index >= 15 is 0 Å². The fraction of sp³-hybridized carbons (Fsp3) is 0.526. The Labute approximate surface area is 153 Å². The zero-order valence-electron chi connectivity index (χ0n) is 15.2. The Balaban J connectivity index is 1.53. The van der Waals surface area contributed by atoms with Gasteiger partial charge in [0.2, 0.25) is 0 Å². The molecule has 1 atom stereocenters. The Kier molecular flexibility index (Phi) is 6.33. The number of carbonyl (C=O) groups is 1. The summed E-state index contributed by atoms with van der Waals surface area (Å²) in [6.07, 6.45) is 6.63. The summed E-state index contributed by atoms with van der Waals surface area (Å²) in [5.74, 6) is -0.536. The molecule has 1 aliphatic heterocycles. The highest BCUT2D eigenvalue weighted by atomic mass is 19.1. The highest BCUT2D eigenvalue weighted by molar-refractivity contribution is 5.91. The Morgan fingerprint density at radius 1 is 1.23 bits per heavy atom. The second-order valence-corrected chi connectivity index (χ2v) is 6.79. The van der Waals surface area contributed by atoms with Gasteiger partial charge in [-0.2, -0.15) is 0 Å². The predicted molar refractivity (Wildman–Crippen MR) is 97.5 cm³/mol. The highest BCUT2D eigenvalue weighted by Crippen LogP contribution is 2.19. The third-order valence-corrected chi connectivity index (χ3v) is 4.91. The van der Waals surface area contributed by atoms with Gasteiger partial charge in [-0.15, -0.1) is 5.10 Å². The second kappa shape index (κ2) is 8.89. The number of amides is 1. The Morgan fingerprint density at radius 3 is 2.69 bits per heavy atom. The molecule has 2 heterocycles. The van der Waals surface area contributed by atoms with Crippen molar-refractivity contribution in [3.8, 4) is 0 Å². The van der Waals surface area contributed by atoms with Crippen molar-refractivity contribution in [3.05, 3.63) is 47.5 Å². The maximum absolute atomic E-state index is 13.9. The smallest absolute Gasteiger partial charge is 0.273 e. The first-order chi connectivity index (χ1) is 12.6. The third-order valence-electron chi connectivity index (χ3n) is 4.91. The molecule has 1 N–H and O–H groups in total. The molecular formula is C19H26FN5O. The quantitative estimate of drug-likeness (QED) is 0.861. The van der Waals surface area contributed by atoms with Crippen molar-refractivity contribution in [3.63, 3.8) is 0 Å². The van der Waals surface area contributed by atoms with Crippen molar-refractivity contribution in [1.29, 1.82) is 0 Å². The van der Waals surface area contributed by atoms with Gasteiger partial charge in [0, 0.05) is 18.7 Å². The van der Waals surface area contributed by atoms with Crippen LogP contribution in [0.15, 0.2) is 30.5 Å². The molecular weight excluding hydrogens is 333 g/mol. The van der Waals surface area contributed by atoms with E-state index < -0.39 is 0 Å². The van der Waals surface area contributed by atoms with Crippen molar-refractivity contribution in [2.24, 2.45) is 0 Å². The summed E-state index contributed by atoms with van der Waals surface area (Å²) in [7, 11) is 0. The van der Waals surface area contributed by atoms with Crippen molar-refractivity contribution in [2.45, 2.75) is 38.6 Å². The Hall–Kier alpha value is -2.28. The van der Waals surface area contributed by atoms with Crippen LogP contribution < -0.4 is 5.32 Å². The van der Waals surface area contributed by atoms with Gasteiger partial charge in [-0.05, 0) is 38.9 Å². The number of benzene rings is 1. The zero-order valence-corrected chi connectivity index (χ0v) is 15.2. The number of aromatic nitrogens is 3. The van der Waals surface area contributed by atoms with Gasteiger partial charge in [0.05, 0.1) is 12.2 Å². The van der Waals surface area contributed by atoms with Crippen LogP contribution in [0.1, 0.15) is 54.7 Å². The van der Waals surface area contributed by atoms with E-state index in [1.54, 1.807) is 24.4 Å². The average molecular weight is 359 g/mol. The van der Waals surface area contributed by atoms with Gasteiger partial charge in [0.15, 0.2) is 5.69 Å². The molecule has 1 saturated heterocycles. The summed E-state index contributed by atoms with van der Waals surface area (Å²) < 4.78 is 15.4. The van der Waals surface area contributed by atoms with E-state index in [1.165, 1.54) is 36.4 Å². The lowest BCUT2D eigenvalue weighted by molar-refractivity contribution is 0.0943. The van der Waals surface area contributed by atoms with Crippen LogP contribution in [0.4, 0.5) is 4.39 Å². The third kappa shape index (κ3) is 4.66. The van der Waals surface area contributed by atoms with Crippen LogP contribution in [0.2, 0.25) is 0 Å². The van der Waals surface area contributed by atoms with Gasteiger partial charge in [0.25, 0.3) is 5.91 Å². The van der Waals surface area contributed by atoms with Crippen LogP contribution in [0.5, 0.6) is 0 Å². The summed E-state index contributed by atoms with van der Waals surface area (Å²) >= 11 is 0. The second-order valence-electron chi connectivity index (χ2n) is 6.79. The molecule has 0 saturated carbocycles. The molecule has 0 radical (unpaired) electrons. The topological polar surface area (TPSA) is 63.1 Å². The average Bonchev–Trinajstić information content (AvgIpc) is 3.00. The van der Waals surface area contributed by atoms with E-state index in [0.29, 0.717) is 12.1 Å². The summed E-state index contributed by atoms with van der Waals surface area (Å²) in [6, 6.07) is 6.22. The number of likely N-dealkylation sites (tertiary alicyclic amines) is 1. The van der Waals surface area contributed by atoms with Gasteiger partial charge in [-0.1, -0.05) is 36.3 Å². The van der Waals surface area contributed by atoms with Crippen LogP contribution in [0.25, 0.3) is 0 Å². The molecule has 3 rings (SSSR count). The van der Waals surface area contributed by atoms with Crippen molar-refractivity contribution in [2.75, 3.05) is 26.2 Å². The maximum Gasteiger partial charge on any atom is 0.273 e. The first-order valence-electron chi connectivity index (χ1n) is 9.32. The first-order valence-corrected chi connectivity index (χ1v) is 9.32. The molecule has 0 spiro atoms. The standard InChI is InChI=1S/C19H26FN5O/c1-15(16-8-4-5-9-17(16)20)25-14-18(22-23-25)19(26)21-10-13-24-11-6-2-3-7-12-24/h4-5,8-9,14-15H,2-3,6-7,10-13H2,1H3,(H,21,26)/t15-/m0/s1. The van der Waals surface area contributed by atoms with E-state index in [-0.39, 0.29) is 23.5 Å². The van der Waals surface area contributed by atoms with Gasteiger partial charge in [-0.3, -0.25) is 4.79 Å². The predicted octanol–water partition coefficient (Wildman–Crippen LogP) is 2.63. The molecule has 1 amide bonds. The SMILES string of the molecule is C[C@@H](c1ccccc1F)n1cc(C(=O)NCCN2CCCCCC2)nn1. The molecule has 7 heteroatoms. The van der Waals surface area contributed by atoms with Crippen LogP contribution in [0.3, 0.4) is 0 Å². The number of hydrogen-bond acceptors (Lipinski definition) is 4. The molecule has 1 fully saturated rings. The number of hydrogen-bond donors (Lipinski definition) is 1. The van der Waals surface area contributed by atoms with E-state index in [9.17, 15) is 9.18 Å². The maximum atomic E-state index is 13.9. The van der Waals surface area contributed by atoms with E-state index in [4.69, 9.17) is 0 Å². The number of nitrogens with zero attached hydrogens (tertiary/aromatic N) is 4. The Bertz CT molecular complexity index is 724. The molecule has 1 aromatic carbocycles. The fourth-order valence-corrected chi connectivity index (χ4v) is 3.30. The molecule has 0 unspecified atom stereocenters. The monoisotopic (exact) mass is 359 g/mol. The molecule has 26 heavy (non-hydrogen) atoms. The van der Waals surface area contributed by atoms with Crippen LogP contribution in [0, 0.1) is 5.82 Å². The number of nitrogens with one attached hydrogen (secondary N) is 1. The molecule has 1 aromatic heterocycles. The lowest BCUT2D eigenvalue weighted by Crippen LogP contribution is -2.35. The molecule has 6 nitrogen and oxygen atoms in total. The first kappa shape index (κ1) is 18.5. The summed E-state index contributed by atoms with van der Waals surface area (Å²) in [5.41, 5.74) is 0.773. The van der Waals surface area contributed by atoms with E-state index in [2.05, 4.69) is 20.5 Å². The number of halogens is 1. The summed E-state index contributed by atoms with van der Waals surface area (Å²) in [6.45, 7) is 5.48. The minimum atomic E-state index is -0.331. The zero-order chi connectivity index (χ0) is 18.4. The molecule has 0 aliphatic carbocycles. The van der Waals surface area contributed by atoms with Crippen LogP contribution >= 0.6 is 0 Å². The van der Waals surface area contributed by atoms with Gasteiger partial charge >= 0.3 is 0 Å². The van der Waals surface area contributed by atoms with Crippen molar-refractivity contribution < 1.29 is 9.18 Å². The fourth-order valence-electron chi connectivity index (χ4n) is 3.30. The van der Waals surface area contributed by atoms with Crippen molar-refractivity contribution >= 4 is 5.91 Å². The largest absolute Gasteiger partial charge is 0.349 e. The van der Waals surface area contributed by atoms with Gasteiger partial charge in [-0.25, -0.2) is 9.07 Å². The summed E-state index contributed by atoms with van der Waals surface area (Å²) in [5, 5.41) is 10.8. The molecule has 140 valence electrons. The minimum absolute atomic E-state index is 0.244. The molecule has 2 aromatic rings. The normalized spacial score (nSPS) is 16.8. The minimum Gasteiger partial charge on any atom is -0.349 e. The van der Waals surface area contributed by atoms with Crippen LogP contribution in [-0.4, -0.2) is 52.0 Å². The van der Waals surface area contributed by atoms with Crippen molar-refractivity contribution in [1.82, 2.24) is 25.2 Å². The lowest BCUT2D eigenvalue weighted by Gasteiger charge is -2.19. The number of rotatable bonds is 6.